The number of amides is 3. The molecule has 2 N–H and O–H groups in total. The van der Waals surface area contributed by atoms with E-state index in [1.165, 1.54) is 0 Å². The van der Waals surface area contributed by atoms with Gasteiger partial charge in [-0.25, -0.2) is 0 Å². The normalized spacial score (nSPS) is 21.8. The van der Waals surface area contributed by atoms with Gasteiger partial charge in [0.1, 0.15) is 0 Å². The molecule has 3 amide bonds. The van der Waals surface area contributed by atoms with Crippen LogP contribution in [-0.2, 0) is 14.4 Å². The van der Waals surface area contributed by atoms with Gasteiger partial charge in [0.05, 0.1) is 11.8 Å². The van der Waals surface area contributed by atoms with Gasteiger partial charge in [-0.15, -0.1) is 0 Å². The first-order chi connectivity index (χ1) is 12.6. The van der Waals surface area contributed by atoms with Gasteiger partial charge in [0.25, 0.3) is 0 Å². The molecular formula is C20H19N3O3. The molecule has 1 fully saturated rings. The van der Waals surface area contributed by atoms with E-state index in [9.17, 15) is 14.4 Å². The summed E-state index contributed by atoms with van der Waals surface area (Å²) < 4.78 is 0. The van der Waals surface area contributed by atoms with E-state index >= 15 is 0 Å². The van der Waals surface area contributed by atoms with E-state index in [0.29, 0.717) is 12.2 Å². The Bertz CT molecular complexity index is 881. The molecule has 0 unspecified atom stereocenters. The standard InChI is InChI=1S/C20H19N3O3/c21-19(25)16-12-23(17-9-5-4-8-15(16)17)20(26)13-10-18(24)22(11-13)14-6-2-1-3-7-14/h1-9,13,16H,10-12H2,(H2,21,25)/t13-,16+/m1/s1. The number of hydrogen-bond donors (Lipinski definition) is 1. The fourth-order valence-corrected chi connectivity index (χ4v) is 3.81. The molecule has 0 radical (unpaired) electrons. The lowest BCUT2D eigenvalue weighted by molar-refractivity contribution is -0.124. The first-order valence-corrected chi connectivity index (χ1v) is 8.61. The number of carbonyl (C=O) groups excluding carboxylic acids is 3. The van der Waals surface area contributed by atoms with Crippen LogP contribution in [-0.4, -0.2) is 30.8 Å². The van der Waals surface area contributed by atoms with Gasteiger partial charge in [-0.05, 0) is 23.8 Å². The number of fused-ring (bicyclic) bond motifs is 1. The second kappa shape index (κ2) is 6.29. The average molecular weight is 349 g/mol. The number of nitrogens with two attached hydrogens (primary N) is 1. The lowest BCUT2D eigenvalue weighted by Gasteiger charge is -2.22. The third-order valence-electron chi connectivity index (χ3n) is 5.12. The summed E-state index contributed by atoms with van der Waals surface area (Å²) in [6.07, 6.45) is 0.174. The molecule has 2 heterocycles. The monoisotopic (exact) mass is 349 g/mol. The van der Waals surface area contributed by atoms with Crippen molar-refractivity contribution in [1.29, 1.82) is 0 Å². The van der Waals surface area contributed by atoms with Crippen LogP contribution in [0.2, 0.25) is 0 Å². The summed E-state index contributed by atoms with van der Waals surface area (Å²) in [5, 5.41) is 0. The van der Waals surface area contributed by atoms with Crippen molar-refractivity contribution in [3.63, 3.8) is 0 Å². The van der Waals surface area contributed by atoms with Crippen LogP contribution in [0.25, 0.3) is 0 Å². The fraction of sp³-hybridized carbons (Fsp3) is 0.250. The smallest absolute Gasteiger partial charge is 0.232 e. The van der Waals surface area contributed by atoms with Crippen LogP contribution in [0.15, 0.2) is 54.6 Å². The van der Waals surface area contributed by atoms with Gasteiger partial charge in [-0.1, -0.05) is 36.4 Å². The number of nitrogens with zero attached hydrogens (tertiary/aromatic N) is 2. The second-order valence-corrected chi connectivity index (χ2v) is 6.70. The van der Waals surface area contributed by atoms with Crippen molar-refractivity contribution in [2.75, 3.05) is 22.9 Å². The Morgan fingerprint density at radius 1 is 0.962 bits per heavy atom. The molecule has 0 saturated carbocycles. The van der Waals surface area contributed by atoms with Crippen molar-refractivity contribution >= 4 is 29.1 Å². The van der Waals surface area contributed by atoms with E-state index in [2.05, 4.69) is 0 Å². The number of para-hydroxylation sites is 2. The maximum atomic E-state index is 13.1. The zero-order chi connectivity index (χ0) is 18.3. The summed E-state index contributed by atoms with van der Waals surface area (Å²) in [6.45, 7) is 0.588. The molecule has 2 aliphatic rings. The van der Waals surface area contributed by atoms with Gasteiger partial charge in [0.15, 0.2) is 0 Å². The Hall–Kier alpha value is -3.15. The van der Waals surface area contributed by atoms with Crippen molar-refractivity contribution in [2.45, 2.75) is 12.3 Å². The second-order valence-electron chi connectivity index (χ2n) is 6.70. The molecule has 2 aromatic rings. The average Bonchev–Trinajstić information content (AvgIpc) is 3.23. The van der Waals surface area contributed by atoms with Crippen LogP contribution in [0.1, 0.15) is 17.9 Å². The topological polar surface area (TPSA) is 83.7 Å². The predicted molar refractivity (Wildman–Crippen MR) is 97.6 cm³/mol. The highest BCUT2D eigenvalue weighted by molar-refractivity contribution is 6.06. The zero-order valence-electron chi connectivity index (χ0n) is 14.2. The van der Waals surface area contributed by atoms with Crippen LogP contribution >= 0.6 is 0 Å². The molecule has 0 aliphatic carbocycles. The minimum Gasteiger partial charge on any atom is -0.369 e. The molecule has 6 nitrogen and oxygen atoms in total. The van der Waals surface area contributed by atoms with E-state index in [1.807, 2.05) is 54.6 Å². The Morgan fingerprint density at radius 3 is 2.38 bits per heavy atom. The third kappa shape index (κ3) is 2.63. The minimum absolute atomic E-state index is 0.0616. The predicted octanol–water partition coefficient (Wildman–Crippen LogP) is 1.66. The lowest BCUT2D eigenvalue weighted by atomic mass is 10.0. The van der Waals surface area contributed by atoms with Gasteiger partial charge < -0.3 is 15.5 Å². The number of anilines is 2. The molecule has 2 aromatic carbocycles. The van der Waals surface area contributed by atoms with Crippen LogP contribution in [0.5, 0.6) is 0 Å². The fourth-order valence-electron chi connectivity index (χ4n) is 3.81. The quantitative estimate of drug-likeness (QED) is 0.915. The first kappa shape index (κ1) is 16.3. The molecule has 6 heteroatoms. The van der Waals surface area contributed by atoms with Crippen molar-refractivity contribution in [3.05, 3.63) is 60.2 Å². The number of carbonyl (C=O) groups is 3. The maximum absolute atomic E-state index is 13.1. The van der Waals surface area contributed by atoms with Crippen LogP contribution in [0.3, 0.4) is 0 Å². The van der Waals surface area contributed by atoms with Gasteiger partial charge >= 0.3 is 0 Å². The van der Waals surface area contributed by atoms with Gasteiger partial charge in [0.2, 0.25) is 17.7 Å². The van der Waals surface area contributed by atoms with Crippen LogP contribution in [0.4, 0.5) is 11.4 Å². The molecule has 0 bridgehead atoms. The van der Waals surface area contributed by atoms with Crippen molar-refractivity contribution in [2.24, 2.45) is 11.7 Å². The third-order valence-corrected chi connectivity index (χ3v) is 5.12. The number of primary amides is 1. The van der Waals surface area contributed by atoms with Crippen molar-refractivity contribution in [3.8, 4) is 0 Å². The van der Waals surface area contributed by atoms with E-state index in [-0.39, 0.29) is 24.8 Å². The van der Waals surface area contributed by atoms with Crippen LogP contribution < -0.4 is 15.5 Å². The zero-order valence-corrected chi connectivity index (χ0v) is 14.2. The largest absolute Gasteiger partial charge is 0.369 e. The van der Waals surface area contributed by atoms with Crippen LogP contribution in [0, 0.1) is 5.92 Å². The van der Waals surface area contributed by atoms with E-state index in [1.54, 1.807) is 9.80 Å². The Kier molecular flexibility index (Phi) is 3.95. The first-order valence-electron chi connectivity index (χ1n) is 8.61. The molecule has 0 aromatic heterocycles. The van der Waals surface area contributed by atoms with Gasteiger partial charge in [0, 0.05) is 30.9 Å². The molecule has 4 rings (SSSR count). The molecule has 2 atom stereocenters. The van der Waals surface area contributed by atoms with E-state index in [4.69, 9.17) is 5.73 Å². The Labute approximate surface area is 151 Å². The summed E-state index contributed by atoms with van der Waals surface area (Å²) in [7, 11) is 0. The summed E-state index contributed by atoms with van der Waals surface area (Å²) in [5.74, 6) is -1.57. The number of rotatable bonds is 3. The summed E-state index contributed by atoms with van der Waals surface area (Å²) >= 11 is 0. The Morgan fingerprint density at radius 2 is 1.65 bits per heavy atom. The van der Waals surface area contributed by atoms with Crippen molar-refractivity contribution < 1.29 is 14.4 Å². The number of benzene rings is 2. The molecule has 2 aliphatic heterocycles. The molecular weight excluding hydrogens is 330 g/mol. The summed E-state index contributed by atoms with van der Waals surface area (Å²) in [5.41, 5.74) is 7.80. The highest BCUT2D eigenvalue weighted by atomic mass is 16.2. The SMILES string of the molecule is NC(=O)[C@H]1CN(C(=O)[C@@H]2CC(=O)N(c3ccccc3)C2)c2ccccc21. The molecule has 26 heavy (non-hydrogen) atoms. The summed E-state index contributed by atoms with van der Waals surface area (Å²) in [4.78, 5) is 40.5. The van der Waals surface area contributed by atoms with Crippen molar-refractivity contribution in [1.82, 2.24) is 0 Å². The lowest BCUT2D eigenvalue weighted by Crippen LogP contribution is -2.38. The Balaban J connectivity index is 1.58. The molecule has 1 saturated heterocycles. The minimum atomic E-state index is -0.502. The highest BCUT2D eigenvalue weighted by Gasteiger charge is 2.42. The van der Waals surface area contributed by atoms with Gasteiger partial charge in [-0.3, -0.25) is 14.4 Å². The molecule has 132 valence electrons. The highest BCUT2D eigenvalue weighted by Crippen LogP contribution is 2.38. The van der Waals surface area contributed by atoms with Gasteiger partial charge in [-0.2, -0.15) is 0 Å². The molecule has 0 spiro atoms. The van der Waals surface area contributed by atoms with E-state index < -0.39 is 17.7 Å². The van der Waals surface area contributed by atoms with E-state index in [0.717, 1.165) is 11.3 Å². The maximum Gasteiger partial charge on any atom is 0.232 e. The number of hydrogen-bond acceptors (Lipinski definition) is 3. The summed E-state index contributed by atoms with van der Waals surface area (Å²) in [6, 6.07) is 16.7.